The average Bonchev–Trinajstić information content (AvgIpc) is 2.34. The molecule has 2 rings (SSSR count). The quantitative estimate of drug-likeness (QED) is 0.786. The second kappa shape index (κ2) is 5.08. The first kappa shape index (κ1) is 12.4. The number of anilines is 2. The van der Waals surface area contributed by atoms with Crippen molar-refractivity contribution in [3.05, 3.63) is 23.0 Å². The first-order valence-electron chi connectivity index (χ1n) is 5.33. The lowest BCUT2D eigenvalue weighted by Gasteiger charge is -2.34. The number of morpholine rings is 1. The lowest BCUT2D eigenvalue weighted by molar-refractivity contribution is 0.00359. The zero-order valence-corrected chi connectivity index (χ0v) is 9.95. The molecule has 0 radical (unpaired) electrons. The summed E-state index contributed by atoms with van der Waals surface area (Å²) in [6, 6.07) is 2.72. The standard InChI is InChI=1S/C11H14ClFN2O2/c12-8-3-10(14)11(4-9(8)13)15-1-2-17-7(5-15)6-16/h3-4,7,16H,1-2,5-6,14H2. The maximum absolute atomic E-state index is 13.4. The molecule has 1 heterocycles. The van der Waals surface area contributed by atoms with Gasteiger partial charge in [0.25, 0.3) is 0 Å². The highest BCUT2D eigenvalue weighted by Gasteiger charge is 2.22. The number of hydrogen-bond donors (Lipinski definition) is 2. The van der Waals surface area contributed by atoms with Crippen molar-refractivity contribution < 1.29 is 14.2 Å². The molecule has 0 saturated carbocycles. The van der Waals surface area contributed by atoms with E-state index < -0.39 is 5.82 Å². The van der Waals surface area contributed by atoms with Crippen LogP contribution >= 0.6 is 11.6 Å². The first-order chi connectivity index (χ1) is 8.11. The fourth-order valence-corrected chi connectivity index (χ4v) is 2.05. The van der Waals surface area contributed by atoms with Gasteiger partial charge in [0.1, 0.15) is 5.82 Å². The molecule has 1 aromatic rings. The summed E-state index contributed by atoms with van der Waals surface area (Å²) in [5, 5.41) is 9.06. The molecule has 1 unspecified atom stereocenters. The molecule has 1 atom stereocenters. The van der Waals surface area contributed by atoms with Crippen molar-refractivity contribution >= 4 is 23.0 Å². The Hall–Kier alpha value is -1.04. The normalized spacial score (nSPS) is 20.6. The number of hydrogen-bond acceptors (Lipinski definition) is 4. The van der Waals surface area contributed by atoms with E-state index in [4.69, 9.17) is 27.2 Å². The van der Waals surface area contributed by atoms with Crippen LogP contribution in [0.15, 0.2) is 12.1 Å². The Kier molecular flexibility index (Phi) is 3.71. The number of nitrogens with zero attached hydrogens (tertiary/aromatic N) is 1. The highest BCUT2D eigenvalue weighted by atomic mass is 35.5. The van der Waals surface area contributed by atoms with Crippen LogP contribution in [0, 0.1) is 5.82 Å². The Labute approximate surface area is 104 Å². The van der Waals surface area contributed by atoms with Crippen LogP contribution in [0.4, 0.5) is 15.8 Å². The van der Waals surface area contributed by atoms with Crippen LogP contribution in [-0.2, 0) is 4.74 Å². The maximum atomic E-state index is 13.4. The Morgan fingerprint density at radius 1 is 1.59 bits per heavy atom. The lowest BCUT2D eigenvalue weighted by atomic mass is 10.2. The molecule has 0 aromatic heterocycles. The van der Waals surface area contributed by atoms with E-state index in [-0.39, 0.29) is 17.7 Å². The molecule has 6 heteroatoms. The summed E-state index contributed by atoms with van der Waals surface area (Å²) in [5.41, 5.74) is 6.83. The van der Waals surface area contributed by atoms with Crippen molar-refractivity contribution in [2.45, 2.75) is 6.10 Å². The van der Waals surface area contributed by atoms with Gasteiger partial charge in [-0.25, -0.2) is 4.39 Å². The monoisotopic (exact) mass is 260 g/mol. The molecular weight excluding hydrogens is 247 g/mol. The predicted molar refractivity (Wildman–Crippen MR) is 64.9 cm³/mol. The molecular formula is C11H14ClFN2O2. The molecule has 1 aliphatic heterocycles. The second-order valence-electron chi connectivity index (χ2n) is 3.95. The van der Waals surface area contributed by atoms with Crippen LogP contribution in [-0.4, -0.2) is 37.5 Å². The molecule has 17 heavy (non-hydrogen) atoms. The summed E-state index contributed by atoms with van der Waals surface area (Å²) < 4.78 is 18.7. The average molecular weight is 261 g/mol. The van der Waals surface area contributed by atoms with E-state index in [1.165, 1.54) is 12.1 Å². The maximum Gasteiger partial charge on any atom is 0.144 e. The van der Waals surface area contributed by atoms with Crippen molar-refractivity contribution in [1.29, 1.82) is 0 Å². The summed E-state index contributed by atoms with van der Waals surface area (Å²) in [4.78, 5) is 1.89. The number of rotatable bonds is 2. The van der Waals surface area contributed by atoms with Gasteiger partial charge in [0.15, 0.2) is 0 Å². The van der Waals surface area contributed by atoms with E-state index in [9.17, 15) is 4.39 Å². The van der Waals surface area contributed by atoms with E-state index in [0.717, 1.165) is 0 Å². The van der Waals surface area contributed by atoms with Crippen molar-refractivity contribution in [1.82, 2.24) is 0 Å². The zero-order chi connectivity index (χ0) is 12.4. The third-order valence-electron chi connectivity index (χ3n) is 2.75. The third-order valence-corrected chi connectivity index (χ3v) is 3.04. The molecule has 1 saturated heterocycles. The Morgan fingerprint density at radius 3 is 3.06 bits per heavy atom. The topological polar surface area (TPSA) is 58.7 Å². The number of nitrogen functional groups attached to an aromatic ring is 1. The molecule has 94 valence electrons. The molecule has 3 N–H and O–H groups in total. The van der Waals surface area contributed by atoms with E-state index in [0.29, 0.717) is 31.1 Å². The summed E-state index contributed by atoms with van der Waals surface area (Å²) in [6.45, 7) is 1.52. The SMILES string of the molecule is Nc1cc(Cl)c(F)cc1N1CCOC(CO)C1. The predicted octanol–water partition coefficient (Wildman–Crippen LogP) is 1.26. The summed E-state index contributed by atoms with van der Waals surface area (Å²) in [5.74, 6) is -0.497. The van der Waals surface area contributed by atoms with Crippen molar-refractivity contribution in [2.75, 3.05) is 36.9 Å². The Bertz CT molecular complexity index is 417. The van der Waals surface area contributed by atoms with Gasteiger partial charge in [-0.15, -0.1) is 0 Å². The minimum absolute atomic E-state index is 0.0122. The number of nitrogens with two attached hydrogens (primary N) is 1. The minimum atomic E-state index is -0.497. The van der Waals surface area contributed by atoms with Gasteiger partial charge in [0.05, 0.1) is 35.7 Å². The molecule has 0 bridgehead atoms. The molecule has 0 spiro atoms. The molecule has 0 aliphatic carbocycles. The molecule has 0 amide bonds. The van der Waals surface area contributed by atoms with Gasteiger partial charge in [-0.05, 0) is 6.07 Å². The van der Waals surface area contributed by atoms with E-state index >= 15 is 0 Å². The fraction of sp³-hybridized carbons (Fsp3) is 0.455. The van der Waals surface area contributed by atoms with E-state index in [1.54, 1.807) is 0 Å². The van der Waals surface area contributed by atoms with Crippen LogP contribution < -0.4 is 10.6 Å². The van der Waals surface area contributed by atoms with Crippen molar-refractivity contribution in [2.24, 2.45) is 0 Å². The molecule has 1 fully saturated rings. The largest absolute Gasteiger partial charge is 0.397 e. The highest BCUT2D eigenvalue weighted by Crippen LogP contribution is 2.30. The number of halogens is 2. The van der Waals surface area contributed by atoms with Crippen LogP contribution in [0.25, 0.3) is 0 Å². The van der Waals surface area contributed by atoms with Crippen LogP contribution in [0.3, 0.4) is 0 Å². The molecule has 4 nitrogen and oxygen atoms in total. The third kappa shape index (κ3) is 2.62. The second-order valence-corrected chi connectivity index (χ2v) is 4.35. The smallest absolute Gasteiger partial charge is 0.144 e. The van der Waals surface area contributed by atoms with Gasteiger partial charge in [-0.1, -0.05) is 11.6 Å². The van der Waals surface area contributed by atoms with Gasteiger partial charge in [-0.3, -0.25) is 0 Å². The first-order valence-corrected chi connectivity index (χ1v) is 5.71. The molecule has 1 aromatic carbocycles. The highest BCUT2D eigenvalue weighted by molar-refractivity contribution is 6.31. The van der Waals surface area contributed by atoms with Gasteiger partial charge in [0.2, 0.25) is 0 Å². The van der Waals surface area contributed by atoms with Crippen LogP contribution in [0.2, 0.25) is 5.02 Å². The summed E-state index contributed by atoms with van der Waals surface area (Å²) >= 11 is 5.64. The van der Waals surface area contributed by atoms with E-state index in [2.05, 4.69) is 0 Å². The van der Waals surface area contributed by atoms with Gasteiger partial charge < -0.3 is 20.5 Å². The van der Waals surface area contributed by atoms with Gasteiger partial charge >= 0.3 is 0 Å². The number of ether oxygens (including phenoxy) is 1. The Morgan fingerprint density at radius 2 is 2.35 bits per heavy atom. The minimum Gasteiger partial charge on any atom is -0.397 e. The lowest BCUT2D eigenvalue weighted by Crippen LogP contribution is -2.44. The van der Waals surface area contributed by atoms with Crippen molar-refractivity contribution in [3.63, 3.8) is 0 Å². The number of benzene rings is 1. The van der Waals surface area contributed by atoms with Gasteiger partial charge in [-0.2, -0.15) is 0 Å². The Balaban J connectivity index is 2.24. The molecule has 1 aliphatic rings. The number of aliphatic hydroxyl groups excluding tert-OH is 1. The fourth-order valence-electron chi connectivity index (χ4n) is 1.87. The van der Waals surface area contributed by atoms with Crippen LogP contribution in [0.1, 0.15) is 0 Å². The summed E-state index contributed by atoms with van der Waals surface area (Å²) in [6.07, 6.45) is -0.262. The zero-order valence-electron chi connectivity index (χ0n) is 9.20. The number of aliphatic hydroxyl groups is 1. The van der Waals surface area contributed by atoms with E-state index in [1.807, 2.05) is 4.90 Å². The van der Waals surface area contributed by atoms with Crippen molar-refractivity contribution in [3.8, 4) is 0 Å². The van der Waals surface area contributed by atoms with Crippen LogP contribution in [0.5, 0.6) is 0 Å². The van der Waals surface area contributed by atoms with Gasteiger partial charge in [0, 0.05) is 19.2 Å². The summed E-state index contributed by atoms with van der Waals surface area (Å²) in [7, 11) is 0.